The molecule has 0 bridgehead atoms. The second-order valence-electron chi connectivity index (χ2n) is 5.39. The topological polar surface area (TPSA) is 64.6 Å². The zero-order valence-electron chi connectivity index (χ0n) is 12.8. The first-order chi connectivity index (χ1) is 9.81. The van der Waals surface area contributed by atoms with Gasteiger partial charge in [-0.3, -0.25) is 5.32 Å². The number of amides is 1. The fourth-order valence-corrected chi connectivity index (χ4v) is 1.46. The van der Waals surface area contributed by atoms with Crippen molar-refractivity contribution in [1.82, 2.24) is 5.32 Å². The number of allylic oxidation sites excluding steroid dienone is 1. The molecule has 0 saturated heterocycles. The molecule has 1 aromatic carbocycles. The van der Waals surface area contributed by atoms with Gasteiger partial charge in [-0.1, -0.05) is 36.4 Å². The van der Waals surface area contributed by atoms with Gasteiger partial charge in [-0.15, -0.1) is 0 Å². The molecule has 1 rings (SSSR count). The number of benzene rings is 1. The summed E-state index contributed by atoms with van der Waals surface area (Å²) >= 11 is 0. The van der Waals surface area contributed by atoms with Crippen molar-refractivity contribution in [1.29, 1.82) is 0 Å². The molecule has 5 heteroatoms. The van der Waals surface area contributed by atoms with Crippen molar-refractivity contribution in [2.24, 2.45) is 0 Å². The fraction of sp³-hybridized carbons (Fsp3) is 0.375. The molecule has 0 aromatic heterocycles. The zero-order chi connectivity index (χ0) is 15.9. The number of ether oxygens (including phenoxy) is 2. The predicted molar refractivity (Wildman–Crippen MR) is 79.4 cm³/mol. The molecule has 1 amide bonds. The van der Waals surface area contributed by atoms with Crippen LogP contribution in [0, 0.1) is 0 Å². The molecular weight excluding hydrogens is 270 g/mol. The highest BCUT2D eigenvalue weighted by molar-refractivity contribution is 5.92. The van der Waals surface area contributed by atoms with E-state index in [1.807, 2.05) is 30.3 Å². The van der Waals surface area contributed by atoms with E-state index >= 15 is 0 Å². The second-order valence-corrected chi connectivity index (χ2v) is 5.39. The molecule has 0 aliphatic rings. The summed E-state index contributed by atoms with van der Waals surface area (Å²) in [4.78, 5) is 23.5. The van der Waals surface area contributed by atoms with E-state index in [1.54, 1.807) is 27.7 Å². The van der Waals surface area contributed by atoms with Gasteiger partial charge in [0.25, 0.3) is 0 Å². The van der Waals surface area contributed by atoms with Gasteiger partial charge >= 0.3 is 12.1 Å². The van der Waals surface area contributed by atoms with E-state index in [9.17, 15) is 9.59 Å². The maximum absolute atomic E-state index is 11.9. The quantitative estimate of drug-likeness (QED) is 0.683. The molecule has 0 fully saturated rings. The lowest BCUT2D eigenvalue weighted by Crippen LogP contribution is -2.34. The number of hydrogen-bond donors (Lipinski definition) is 1. The Hall–Kier alpha value is -2.30. The van der Waals surface area contributed by atoms with Crippen LogP contribution in [0.3, 0.4) is 0 Å². The van der Waals surface area contributed by atoms with Gasteiger partial charge in [-0.05, 0) is 33.3 Å². The Morgan fingerprint density at radius 3 is 2.33 bits per heavy atom. The summed E-state index contributed by atoms with van der Waals surface area (Å²) in [5.74, 6) is -0.604. The number of carbonyl (C=O) groups is 2. The summed E-state index contributed by atoms with van der Waals surface area (Å²) in [6.07, 6.45) is 0.782. The van der Waals surface area contributed by atoms with Crippen molar-refractivity contribution in [2.45, 2.75) is 39.9 Å². The summed E-state index contributed by atoms with van der Waals surface area (Å²) < 4.78 is 10.2. The minimum Gasteiger partial charge on any atom is -0.456 e. The number of hydrogen-bond acceptors (Lipinski definition) is 4. The van der Waals surface area contributed by atoms with E-state index in [0.29, 0.717) is 0 Å². The number of alkyl carbamates (subject to hydrolysis) is 1. The first kappa shape index (κ1) is 16.8. The predicted octanol–water partition coefficient (Wildman–Crippen LogP) is 3.16. The van der Waals surface area contributed by atoms with Crippen molar-refractivity contribution in [3.63, 3.8) is 0 Å². The Balaban J connectivity index is 2.52. The van der Waals surface area contributed by atoms with Gasteiger partial charge < -0.3 is 9.47 Å². The highest BCUT2D eigenvalue weighted by Crippen LogP contribution is 2.08. The molecule has 0 aliphatic heterocycles. The summed E-state index contributed by atoms with van der Waals surface area (Å²) in [6, 6.07) is 9.30. The molecule has 114 valence electrons. The van der Waals surface area contributed by atoms with Crippen molar-refractivity contribution < 1.29 is 19.1 Å². The Bertz CT molecular complexity index is 515. The minimum atomic E-state index is -0.688. The molecular formula is C16H21NO4. The number of rotatable bonds is 4. The normalized spacial score (nSPS) is 11.7. The standard InChI is InChI=1S/C16H21NO4/c1-5-13(17-15(19)21-16(2,3)4)14(18)20-11-12-9-7-6-8-10-12/h5-10H,11H2,1-4H3,(H,17,19)/b13-5-. The van der Waals surface area contributed by atoms with Gasteiger partial charge in [-0.25, -0.2) is 9.59 Å². The number of nitrogens with one attached hydrogen (secondary N) is 1. The van der Waals surface area contributed by atoms with Crippen LogP contribution in [-0.4, -0.2) is 17.7 Å². The minimum absolute atomic E-state index is 0.0557. The molecule has 1 N–H and O–H groups in total. The Kier molecular flexibility index (Phi) is 5.96. The van der Waals surface area contributed by atoms with Crippen LogP contribution < -0.4 is 5.32 Å². The maximum Gasteiger partial charge on any atom is 0.412 e. The second kappa shape index (κ2) is 7.47. The summed E-state index contributed by atoms with van der Waals surface area (Å²) in [5.41, 5.74) is 0.301. The van der Waals surface area contributed by atoms with Crippen molar-refractivity contribution in [3.05, 3.63) is 47.7 Å². The highest BCUT2D eigenvalue weighted by Gasteiger charge is 2.19. The van der Waals surface area contributed by atoms with Gasteiger partial charge in [0.1, 0.15) is 17.9 Å². The molecule has 0 spiro atoms. The molecule has 0 heterocycles. The summed E-state index contributed by atoms with van der Waals surface area (Å²) in [6.45, 7) is 7.02. The third-order valence-electron chi connectivity index (χ3n) is 2.36. The van der Waals surface area contributed by atoms with Crippen molar-refractivity contribution in [2.75, 3.05) is 0 Å². The van der Waals surface area contributed by atoms with E-state index in [2.05, 4.69) is 5.32 Å². The number of carbonyl (C=O) groups excluding carboxylic acids is 2. The highest BCUT2D eigenvalue weighted by atomic mass is 16.6. The van der Waals surface area contributed by atoms with Crippen LogP contribution in [0.25, 0.3) is 0 Å². The summed E-state index contributed by atoms with van der Waals surface area (Å²) in [5, 5.41) is 2.38. The van der Waals surface area contributed by atoms with Crippen LogP contribution in [0.5, 0.6) is 0 Å². The first-order valence-electron chi connectivity index (χ1n) is 6.69. The van der Waals surface area contributed by atoms with Crippen molar-refractivity contribution in [3.8, 4) is 0 Å². The molecule has 0 radical (unpaired) electrons. The largest absolute Gasteiger partial charge is 0.456 e. The SMILES string of the molecule is C/C=C(\NC(=O)OC(C)(C)C)C(=O)OCc1ccccc1. The van der Waals surface area contributed by atoms with E-state index in [0.717, 1.165) is 5.56 Å². The Labute approximate surface area is 124 Å². The number of esters is 1. The molecule has 0 saturated carbocycles. The smallest absolute Gasteiger partial charge is 0.412 e. The third kappa shape index (κ3) is 6.61. The van der Waals surface area contributed by atoms with E-state index in [1.165, 1.54) is 6.08 Å². The fourth-order valence-electron chi connectivity index (χ4n) is 1.46. The third-order valence-corrected chi connectivity index (χ3v) is 2.36. The lowest BCUT2D eigenvalue weighted by Gasteiger charge is -2.20. The van der Waals surface area contributed by atoms with Gasteiger partial charge in [0, 0.05) is 0 Å². The monoisotopic (exact) mass is 291 g/mol. The average molecular weight is 291 g/mol. The van der Waals surface area contributed by atoms with Crippen LogP contribution in [0.4, 0.5) is 4.79 Å². The van der Waals surface area contributed by atoms with E-state index in [4.69, 9.17) is 9.47 Å². The van der Waals surface area contributed by atoms with E-state index < -0.39 is 17.7 Å². The molecule has 1 aromatic rings. The molecule has 0 aliphatic carbocycles. The van der Waals surface area contributed by atoms with Gasteiger partial charge in [0.05, 0.1) is 0 Å². The lowest BCUT2D eigenvalue weighted by molar-refractivity contribution is -0.140. The van der Waals surface area contributed by atoms with Crippen LogP contribution in [0.2, 0.25) is 0 Å². The van der Waals surface area contributed by atoms with Crippen molar-refractivity contribution >= 4 is 12.1 Å². The van der Waals surface area contributed by atoms with Crippen LogP contribution in [0.1, 0.15) is 33.3 Å². The average Bonchev–Trinajstić information content (AvgIpc) is 2.41. The van der Waals surface area contributed by atoms with Crippen LogP contribution in [-0.2, 0) is 20.9 Å². The Morgan fingerprint density at radius 2 is 1.81 bits per heavy atom. The molecule has 21 heavy (non-hydrogen) atoms. The maximum atomic E-state index is 11.9. The molecule has 0 unspecified atom stereocenters. The van der Waals surface area contributed by atoms with E-state index in [-0.39, 0.29) is 12.3 Å². The van der Waals surface area contributed by atoms with Crippen LogP contribution >= 0.6 is 0 Å². The molecule has 5 nitrogen and oxygen atoms in total. The lowest BCUT2D eigenvalue weighted by atomic mass is 10.2. The van der Waals surface area contributed by atoms with Gasteiger partial charge in [-0.2, -0.15) is 0 Å². The Morgan fingerprint density at radius 1 is 1.19 bits per heavy atom. The van der Waals surface area contributed by atoms with Gasteiger partial charge in [0.2, 0.25) is 0 Å². The summed E-state index contributed by atoms with van der Waals surface area (Å²) in [7, 11) is 0. The van der Waals surface area contributed by atoms with Crippen LogP contribution in [0.15, 0.2) is 42.1 Å². The molecule has 0 atom stereocenters. The van der Waals surface area contributed by atoms with Gasteiger partial charge in [0.15, 0.2) is 0 Å². The first-order valence-corrected chi connectivity index (χ1v) is 6.69. The zero-order valence-corrected chi connectivity index (χ0v) is 12.8.